The van der Waals surface area contributed by atoms with E-state index in [0.29, 0.717) is 6.04 Å². The number of nitrogens with zero attached hydrogens (tertiary/aromatic N) is 2. The number of benzene rings is 1. The third-order valence-corrected chi connectivity index (χ3v) is 4.56. The molecule has 0 spiro atoms. The average Bonchev–Trinajstić information content (AvgIpc) is 3.18. The van der Waals surface area contributed by atoms with Crippen LogP contribution in [0.15, 0.2) is 41.3 Å². The minimum atomic E-state index is 0.605. The summed E-state index contributed by atoms with van der Waals surface area (Å²) in [4.78, 5) is 6.58. The van der Waals surface area contributed by atoms with Gasteiger partial charge in [-0.1, -0.05) is 0 Å². The molecule has 0 radical (unpaired) electrons. The zero-order valence-corrected chi connectivity index (χ0v) is 11.5. The summed E-state index contributed by atoms with van der Waals surface area (Å²) >= 11 is 0. The second kappa shape index (κ2) is 4.94. The first kappa shape index (κ1) is 12.0. The van der Waals surface area contributed by atoms with Crippen LogP contribution in [0.5, 0.6) is 0 Å². The van der Waals surface area contributed by atoms with Crippen molar-refractivity contribution in [3.8, 4) is 11.3 Å². The molecule has 2 unspecified atom stereocenters. The normalized spacial score (nSPS) is 25.8. The second-order valence-electron chi connectivity index (χ2n) is 5.73. The third-order valence-electron chi connectivity index (χ3n) is 4.56. The fourth-order valence-corrected chi connectivity index (χ4v) is 3.55. The number of hydrogen-bond acceptors (Lipinski definition) is 4. The van der Waals surface area contributed by atoms with Gasteiger partial charge in [0.25, 0.3) is 0 Å². The molecule has 0 saturated carbocycles. The molecule has 4 nitrogen and oxygen atoms in total. The quantitative estimate of drug-likeness (QED) is 0.930. The van der Waals surface area contributed by atoms with Crippen LogP contribution < -0.4 is 5.32 Å². The van der Waals surface area contributed by atoms with Crippen molar-refractivity contribution in [1.82, 2.24) is 9.88 Å². The molecule has 0 amide bonds. The van der Waals surface area contributed by atoms with E-state index >= 15 is 0 Å². The van der Waals surface area contributed by atoms with E-state index in [1.54, 1.807) is 6.20 Å². The predicted molar refractivity (Wildman–Crippen MR) is 78.6 cm³/mol. The molecule has 1 N–H and O–H groups in total. The molecule has 2 aromatic rings. The van der Waals surface area contributed by atoms with Crippen LogP contribution in [0.2, 0.25) is 0 Å². The highest BCUT2D eigenvalue weighted by molar-refractivity contribution is 5.60. The molecule has 1 aromatic heterocycles. The lowest BCUT2D eigenvalue weighted by atomic mass is 10.1. The van der Waals surface area contributed by atoms with Crippen molar-refractivity contribution in [2.45, 2.75) is 31.3 Å². The highest BCUT2D eigenvalue weighted by atomic mass is 16.3. The smallest absolute Gasteiger partial charge is 0.181 e. The highest BCUT2D eigenvalue weighted by Crippen LogP contribution is 2.30. The fraction of sp³-hybridized carbons (Fsp3) is 0.438. The second-order valence-corrected chi connectivity index (χ2v) is 5.73. The number of hydrogen-bond donors (Lipinski definition) is 1. The summed E-state index contributed by atoms with van der Waals surface area (Å²) in [7, 11) is 0. The van der Waals surface area contributed by atoms with E-state index in [0.717, 1.165) is 17.4 Å². The Kier molecular flexibility index (Phi) is 2.96. The topological polar surface area (TPSA) is 41.3 Å². The number of oxazole rings is 1. The number of nitrogens with one attached hydrogen (secondary N) is 1. The lowest BCUT2D eigenvalue weighted by Crippen LogP contribution is -2.33. The van der Waals surface area contributed by atoms with Crippen molar-refractivity contribution in [2.24, 2.45) is 0 Å². The van der Waals surface area contributed by atoms with E-state index in [1.807, 2.05) is 0 Å². The fourth-order valence-electron chi connectivity index (χ4n) is 3.55. The molecule has 2 aliphatic heterocycles. The minimum Gasteiger partial charge on any atom is -0.444 e. The molecule has 0 bridgehead atoms. The molecule has 3 heterocycles. The van der Waals surface area contributed by atoms with Gasteiger partial charge in [-0.3, -0.25) is 4.90 Å². The molecule has 2 saturated heterocycles. The first-order valence-corrected chi connectivity index (χ1v) is 7.40. The highest BCUT2D eigenvalue weighted by Gasteiger charge is 2.36. The zero-order chi connectivity index (χ0) is 13.4. The van der Waals surface area contributed by atoms with Crippen LogP contribution in [0.3, 0.4) is 0 Å². The van der Waals surface area contributed by atoms with Gasteiger partial charge >= 0.3 is 0 Å². The molecular formula is C16H19N3O. The Balaban J connectivity index is 1.47. The largest absolute Gasteiger partial charge is 0.444 e. The monoisotopic (exact) mass is 269 g/mol. The maximum atomic E-state index is 5.31. The summed E-state index contributed by atoms with van der Waals surface area (Å²) in [5, 5.41) is 3.70. The van der Waals surface area contributed by atoms with Gasteiger partial charge in [0, 0.05) is 29.9 Å². The molecule has 20 heavy (non-hydrogen) atoms. The molecule has 2 fully saturated rings. The van der Waals surface area contributed by atoms with Gasteiger partial charge in [0.15, 0.2) is 12.2 Å². The minimum absolute atomic E-state index is 0.605. The van der Waals surface area contributed by atoms with E-state index < -0.39 is 0 Å². The number of anilines is 1. The first-order valence-electron chi connectivity index (χ1n) is 7.40. The Bertz CT molecular complexity index is 564. The van der Waals surface area contributed by atoms with Crippen LogP contribution in [0, 0.1) is 0 Å². The van der Waals surface area contributed by atoms with E-state index in [4.69, 9.17) is 4.42 Å². The summed E-state index contributed by atoms with van der Waals surface area (Å²) in [6.45, 7) is 2.53. The molecule has 104 valence electrons. The maximum absolute atomic E-state index is 5.31. The Labute approximate surface area is 118 Å². The van der Waals surface area contributed by atoms with Crippen molar-refractivity contribution in [3.63, 3.8) is 0 Å². The maximum Gasteiger partial charge on any atom is 0.181 e. The van der Waals surface area contributed by atoms with Crippen LogP contribution in [-0.4, -0.2) is 35.1 Å². The van der Waals surface area contributed by atoms with Crippen molar-refractivity contribution < 1.29 is 4.42 Å². The summed E-state index contributed by atoms with van der Waals surface area (Å²) in [5.74, 6) is 0.819. The Morgan fingerprint density at radius 2 is 2.05 bits per heavy atom. The van der Waals surface area contributed by atoms with E-state index in [-0.39, 0.29) is 0 Å². The van der Waals surface area contributed by atoms with Crippen LogP contribution >= 0.6 is 0 Å². The lowest BCUT2D eigenvalue weighted by molar-refractivity contribution is 0.318. The van der Waals surface area contributed by atoms with E-state index in [1.165, 1.54) is 44.4 Å². The number of rotatable bonds is 3. The SMILES string of the molecule is c1ncc(-c2ccc(NC3CCN4CCCC34)cc2)o1. The van der Waals surface area contributed by atoms with Gasteiger partial charge in [0.05, 0.1) is 6.20 Å². The Hall–Kier alpha value is -1.81. The van der Waals surface area contributed by atoms with Gasteiger partial charge in [-0.2, -0.15) is 0 Å². The summed E-state index contributed by atoms with van der Waals surface area (Å²) in [6, 6.07) is 9.79. The molecule has 1 aromatic carbocycles. The van der Waals surface area contributed by atoms with Gasteiger partial charge in [0.1, 0.15) is 0 Å². The van der Waals surface area contributed by atoms with Crippen LogP contribution in [0.4, 0.5) is 5.69 Å². The standard InChI is InChI=1S/C16H19N3O/c1-2-15-14(7-9-19(15)8-1)18-13-5-3-12(4-6-13)16-10-17-11-20-16/h3-6,10-11,14-15,18H,1-2,7-9H2. The average molecular weight is 269 g/mol. The van der Waals surface area contributed by atoms with Gasteiger partial charge in [-0.15, -0.1) is 0 Å². The Morgan fingerprint density at radius 3 is 2.85 bits per heavy atom. The van der Waals surface area contributed by atoms with Crippen LogP contribution in [0.25, 0.3) is 11.3 Å². The molecule has 4 heteroatoms. The van der Waals surface area contributed by atoms with Gasteiger partial charge < -0.3 is 9.73 Å². The lowest BCUT2D eigenvalue weighted by Gasteiger charge is -2.22. The number of fused-ring (bicyclic) bond motifs is 1. The molecular weight excluding hydrogens is 250 g/mol. The van der Waals surface area contributed by atoms with Crippen molar-refractivity contribution in [3.05, 3.63) is 36.9 Å². The third kappa shape index (κ3) is 2.10. The first-order chi connectivity index (χ1) is 9.90. The van der Waals surface area contributed by atoms with Gasteiger partial charge in [-0.25, -0.2) is 4.98 Å². The molecule has 0 aliphatic carbocycles. The summed E-state index contributed by atoms with van der Waals surface area (Å²) in [5.41, 5.74) is 2.27. The van der Waals surface area contributed by atoms with Crippen molar-refractivity contribution in [2.75, 3.05) is 18.4 Å². The van der Waals surface area contributed by atoms with Crippen molar-refractivity contribution in [1.29, 1.82) is 0 Å². The van der Waals surface area contributed by atoms with Crippen molar-refractivity contribution >= 4 is 5.69 Å². The van der Waals surface area contributed by atoms with Gasteiger partial charge in [-0.05, 0) is 50.1 Å². The summed E-state index contributed by atoms with van der Waals surface area (Å²) in [6.07, 6.45) is 7.17. The number of aromatic nitrogens is 1. The Morgan fingerprint density at radius 1 is 1.15 bits per heavy atom. The van der Waals surface area contributed by atoms with Gasteiger partial charge in [0.2, 0.25) is 0 Å². The predicted octanol–water partition coefficient (Wildman–Crippen LogP) is 2.99. The van der Waals surface area contributed by atoms with Crippen LogP contribution in [-0.2, 0) is 0 Å². The molecule has 2 atom stereocenters. The summed E-state index contributed by atoms with van der Waals surface area (Å²) < 4.78 is 5.31. The van der Waals surface area contributed by atoms with E-state index in [9.17, 15) is 0 Å². The molecule has 2 aliphatic rings. The zero-order valence-electron chi connectivity index (χ0n) is 11.5. The van der Waals surface area contributed by atoms with Crippen LogP contribution in [0.1, 0.15) is 19.3 Å². The van der Waals surface area contributed by atoms with E-state index in [2.05, 4.69) is 39.5 Å². The molecule has 4 rings (SSSR count).